The Kier molecular flexibility index (Phi) is 3.72. The van der Waals surface area contributed by atoms with Crippen LogP contribution in [0.1, 0.15) is 24.2 Å². The van der Waals surface area contributed by atoms with Crippen LogP contribution in [0.3, 0.4) is 0 Å². The molecule has 1 N–H and O–H groups in total. The Hall–Kier alpha value is -1.75. The van der Waals surface area contributed by atoms with Gasteiger partial charge in [0.2, 0.25) is 0 Å². The predicted molar refractivity (Wildman–Crippen MR) is 65.1 cm³/mol. The van der Waals surface area contributed by atoms with Gasteiger partial charge in [-0.25, -0.2) is 13.8 Å². The summed E-state index contributed by atoms with van der Waals surface area (Å²) in [6, 6.07) is 3.21. The summed E-state index contributed by atoms with van der Waals surface area (Å²) in [7, 11) is 1.85. The molecule has 0 fully saturated rings. The number of hydrogen-bond donors (Lipinski definition) is 1. The average molecular weight is 251 g/mol. The first-order valence-corrected chi connectivity index (χ1v) is 5.77. The van der Waals surface area contributed by atoms with Crippen molar-refractivity contribution in [2.24, 2.45) is 7.05 Å². The Morgan fingerprint density at radius 2 is 1.94 bits per heavy atom. The van der Waals surface area contributed by atoms with Crippen molar-refractivity contribution in [3.05, 3.63) is 53.6 Å². The number of benzene rings is 1. The van der Waals surface area contributed by atoms with Gasteiger partial charge < -0.3 is 9.88 Å². The first kappa shape index (κ1) is 12.7. The molecule has 2 aromatic rings. The molecule has 5 heteroatoms. The van der Waals surface area contributed by atoms with E-state index < -0.39 is 11.6 Å². The van der Waals surface area contributed by atoms with E-state index in [4.69, 9.17) is 0 Å². The van der Waals surface area contributed by atoms with E-state index in [0.717, 1.165) is 11.8 Å². The summed E-state index contributed by atoms with van der Waals surface area (Å²) in [5.41, 5.74) is 1.28. The van der Waals surface area contributed by atoms with E-state index in [-0.39, 0.29) is 6.04 Å². The van der Waals surface area contributed by atoms with Crippen LogP contribution in [0.2, 0.25) is 0 Å². The highest BCUT2D eigenvalue weighted by molar-refractivity contribution is 5.28. The van der Waals surface area contributed by atoms with Crippen LogP contribution in [0.25, 0.3) is 0 Å². The van der Waals surface area contributed by atoms with Crippen molar-refractivity contribution >= 4 is 0 Å². The molecule has 0 radical (unpaired) electrons. The van der Waals surface area contributed by atoms with Crippen molar-refractivity contribution in [1.29, 1.82) is 0 Å². The van der Waals surface area contributed by atoms with Gasteiger partial charge in [-0.15, -0.1) is 0 Å². The maximum atomic E-state index is 13.3. The summed E-state index contributed by atoms with van der Waals surface area (Å²) < 4.78 is 28.3. The molecule has 18 heavy (non-hydrogen) atoms. The molecule has 0 aliphatic carbocycles. The van der Waals surface area contributed by atoms with Gasteiger partial charge in [-0.2, -0.15) is 0 Å². The van der Waals surface area contributed by atoms with E-state index in [9.17, 15) is 8.78 Å². The van der Waals surface area contributed by atoms with Crippen molar-refractivity contribution in [2.45, 2.75) is 13.0 Å². The molecule has 3 nitrogen and oxygen atoms in total. The lowest BCUT2D eigenvalue weighted by molar-refractivity contribution is 0.562. The van der Waals surface area contributed by atoms with Crippen molar-refractivity contribution in [2.75, 3.05) is 6.54 Å². The highest BCUT2D eigenvalue weighted by atomic mass is 19.1. The van der Waals surface area contributed by atoms with Crippen LogP contribution in [-0.2, 0) is 7.05 Å². The summed E-state index contributed by atoms with van der Waals surface area (Å²) in [6.07, 6.45) is 3.49. The van der Waals surface area contributed by atoms with Gasteiger partial charge in [0.25, 0.3) is 0 Å². The topological polar surface area (TPSA) is 29.9 Å². The minimum Gasteiger partial charge on any atom is -0.340 e. The normalized spacial score (nSPS) is 12.7. The van der Waals surface area contributed by atoms with Gasteiger partial charge in [0.1, 0.15) is 11.6 Å². The van der Waals surface area contributed by atoms with Gasteiger partial charge in [0, 0.05) is 19.3 Å². The molecule has 0 aliphatic heterocycles. The first-order valence-electron chi connectivity index (χ1n) is 5.77. The molecule has 0 saturated carbocycles. The summed E-state index contributed by atoms with van der Waals surface area (Å²) in [5.74, 6) is -1.16. The number of aromatic nitrogens is 2. The van der Waals surface area contributed by atoms with Gasteiger partial charge in [-0.3, -0.25) is 0 Å². The highest BCUT2D eigenvalue weighted by Crippen LogP contribution is 2.22. The zero-order chi connectivity index (χ0) is 13.1. The SMILES string of the molecule is CCNC(c1cc(F)cc(F)c1)c1cn(C)cn1. The monoisotopic (exact) mass is 251 g/mol. The van der Waals surface area contributed by atoms with E-state index in [1.165, 1.54) is 12.1 Å². The van der Waals surface area contributed by atoms with Gasteiger partial charge >= 0.3 is 0 Å². The second kappa shape index (κ2) is 5.27. The summed E-state index contributed by atoms with van der Waals surface area (Å²) in [6.45, 7) is 2.62. The van der Waals surface area contributed by atoms with Gasteiger partial charge in [0.05, 0.1) is 18.1 Å². The lowest BCUT2D eigenvalue weighted by atomic mass is 10.0. The standard InChI is InChI=1S/C13H15F2N3/c1-3-16-13(12-7-18(2)8-17-12)9-4-10(14)6-11(15)5-9/h4-8,13,16H,3H2,1-2H3. The number of rotatable bonds is 4. The average Bonchev–Trinajstić information content (AvgIpc) is 2.71. The molecule has 0 saturated heterocycles. The molecule has 0 amide bonds. The summed E-state index contributed by atoms with van der Waals surface area (Å²) in [5, 5.41) is 3.17. The minimum atomic E-state index is -0.580. The third-order valence-electron chi connectivity index (χ3n) is 2.65. The van der Waals surface area contributed by atoms with E-state index in [1.54, 1.807) is 10.9 Å². The van der Waals surface area contributed by atoms with Crippen LogP contribution in [0, 0.1) is 11.6 Å². The molecular weight excluding hydrogens is 236 g/mol. The summed E-state index contributed by atoms with van der Waals surface area (Å²) in [4.78, 5) is 4.23. The molecule has 0 aliphatic rings. The lowest BCUT2D eigenvalue weighted by Gasteiger charge is -2.16. The number of halogens is 2. The van der Waals surface area contributed by atoms with Crippen LogP contribution in [0.4, 0.5) is 8.78 Å². The Bertz CT molecular complexity index is 517. The molecule has 2 rings (SSSR count). The van der Waals surface area contributed by atoms with Crippen LogP contribution in [0.15, 0.2) is 30.7 Å². The molecule has 1 unspecified atom stereocenters. The molecular formula is C13H15F2N3. The summed E-state index contributed by atoms with van der Waals surface area (Å²) >= 11 is 0. The van der Waals surface area contributed by atoms with E-state index in [2.05, 4.69) is 10.3 Å². The van der Waals surface area contributed by atoms with Gasteiger partial charge in [0.15, 0.2) is 0 Å². The second-order valence-corrected chi connectivity index (χ2v) is 4.16. The van der Waals surface area contributed by atoms with E-state index in [0.29, 0.717) is 12.1 Å². The van der Waals surface area contributed by atoms with Crippen molar-refractivity contribution < 1.29 is 8.78 Å². The number of nitrogens with one attached hydrogen (secondary N) is 1. The Balaban J connectivity index is 2.40. The Labute approximate surface area is 104 Å². The maximum Gasteiger partial charge on any atom is 0.126 e. The quantitative estimate of drug-likeness (QED) is 0.904. The Morgan fingerprint density at radius 1 is 1.28 bits per heavy atom. The number of aryl methyl sites for hydroxylation is 1. The maximum absolute atomic E-state index is 13.3. The molecule has 1 atom stereocenters. The fourth-order valence-corrected chi connectivity index (χ4v) is 1.92. The van der Waals surface area contributed by atoms with Crippen molar-refractivity contribution in [3.8, 4) is 0 Å². The third kappa shape index (κ3) is 2.73. The Morgan fingerprint density at radius 3 is 2.44 bits per heavy atom. The van der Waals surface area contributed by atoms with Crippen molar-refractivity contribution in [3.63, 3.8) is 0 Å². The zero-order valence-corrected chi connectivity index (χ0v) is 10.3. The van der Waals surface area contributed by atoms with E-state index in [1.807, 2.05) is 20.2 Å². The molecule has 96 valence electrons. The first-order chi connectivity index (χ1) is 8.60. The van der Waals surface area contributed by atoms with Crippen molar-refractivity contribution in [1.82, 2.24) is 14.9 Å². The number of imidazole rings is 1. The molecule has 1 aromatic heterocycles. The zero-order valence-electron chi connectivity index (χ0n) is 10.3. The largest absolute Gasteiger partial charge is 0.340 e. The molecule has 0 spiro atoms. The van der Waals surface area contributed by atoms with Crippen LogP contribution < -0.4 is 5.32 Å². The molecule has 1 aromatic carbocycles. The lowest BCUT2D eigenvalue weighted by Crippen LogP contribution is -2.22. The van der Waals surface area contributed by atoms with Gasteiger partial charge in [-0.1, -0.05) is 6.92 Å². The third-order valence-corrected chi connectivity index (χ3v) is 2.65. The molecule has 0 bridgehead atoms. The van der Waals surface area contributed by atoms with Gasteiger partial charge in [-0.05, 0) is 24.2 Å². The van der Waals surface area contributed by atoms with Crippen LogP contribution in [-0.4, -0.2) is 16.1 Å². The van der Waals surface area contributed by atoms with E-state index >= 15 is 0 Å². The smallest absolute Gasteiger partial charge is 0.126 e. The minimum absolute atomic E-state index is 0.304. The number of hydrogen-bond acceptors (Lipinski definition) is 2. The number of nitrogens with zero attached hydrogens (tertiary/aromatic N) is 2. The molecule has 1 heterocycles. The fourth-order valence-electron chi connectivity index (χ4n) is 1.92. The fraction of sp³-hybridized carbons (Fsp3) is 0.308. The highest BCUT2D eigenvalue weighted by Gasteiger charge is 2.17. The predicted octanol–water partition coefficient (Wildman–Crippen LogP) is 2.40. The van der Waals surface area contributed by atoms with Crippen LogP contribution >= 0.6 is 0 Å². The van der Waals surface area contributed by atoms with Crippen LogP contribution in [0.5, 0.6) is 0 Å². The second-order valence-electron chi connectivity index (χ2n) is 4.16.